The first-order chi connectivity index (χ1) is 19.0. The van der Waals surface area contributed by atoms with Gasteiger partial charge in [-0.2, -0.15) is 5.10 Å². The molecule has 12 nitrogen and oxygen atoms in total. The highest BCUT2D eigenvalue weighted by Gasteiger charge is 2.39. The van der Waals surface area contributed by atoms with E-state index in [-0.39, 0.29) is 36.3 Å². The van der Waals surface area contributed by atoms with Gasteiger partial charge in [0.25, 0.3) is 5.91 Å². The first-order valence-corrected chi connectivity index (χ1v) is 13.9. The normalized spacial score (nSPS) is 26.6. The second-order valence-corrected chi connectivity index (χ2v) is 10.7. The molecule has 1 aromatic heterocycles. The number of rotatable bonds is 6. The molecule has 0 bridgehead atoms. The van der Waals surface area contributed by atoms with E-state index in [0.29, 0.717) is 17.7 Å². The Balaban J connectivity index is 1.08. The van der Waals surface area contributed by atoms with Crippen LogP contribution < -0.4 is 26.6 Å². The number of aliphatic imine (C=N–C) groups is 1. The number of amidine groups is 2. The van der Waals surface area contributed by atoms with Crippen LogP contribution in [0.2, 0.25) is 0 Å². The summed E-state index contributed by atoms with van der Waals surface area (Å²) in [5, 5.41) is 22.6. The first kappa shape index (κ1) is 25.5. The number of nitrogens with zero attached hydrogens (tertiary/aromatic N) is 5. The molecule has 0 spiro atoms. The molecule has 1 aromatic rings. The van der Waals surface area contributed by atoms with E-state index in [1.165, 1.54) is 12.3 Å². The van der Waals surface area contributed by atoms with Gasteiger partial charge in [-0.3, -0.25) is 14.8 Å². The van der Waals surface area contributed by atoms with E-state index in [0.717, 1.165) is 76.6 Å². The molecule has 1 saturated heterocycles. The molecule has 13 heteroatoms. The van der Waals surface area contributed by atoms with Gasteiger partial charge in [0, 0.05) is 56.6 Å². The molecule has 208 valence electrons. The second kappa shape index (κ2) is 11.2. The van der Waals surface area contributed by atoms with Crippen LogP contribution in [0.1, 0.15) is 38.5 Å². The standard InChI is InChI=1S/C26H35FN10O2/c27-19-14-29-8-7-20(19)34-25(38)22-15-30-24-21(31-16-1-2-16)13-23(35-37(22)24)32-17-3-5-18(6-4-17)33-26(39)36-11-9-28-10-12-36/h7-8,13-14,16-18,22,28,31H,1-6,9-12,15H2,(H,32,35)(H,33,39)(H,29,34,38)/t17-,18-,22?. The van der Waals surface area contributed by atoms with E-state index < -0.39 is 11.9 Å². The summed E-state index contributed by atoms with van der Waals surface area (Å²) in [4.78, 5) is 35.9. The summed E-state index contributed by atoms with van der Waals surface area (Å²) in [6, 6.07) is 1.53. The largest absolute Gasteiger partial charge is 0.379 e. The van der Waals surface area contributed by atoms with Gasteiger partial charge in [-0.05, 0) is 44.6 Å². The van der Waals surface area contributed by atoms with Crippen LogP contribution in [0.3, 0.4) is 0 Å². The Morgan fingerprint density at radius 3 is 2.46 bits per heavy atom. The highest BCUT2D eigenvalue weighted by molar-refractivity contribution is 6.11. The third-order valence-electron chi connectivity index (χ3n) is 7.74. The van der Waals surface area contributed by atoms with E-state index in [2.05, 4.69) is 36.6 Å². The molecule has 0 radical (unpaired) electrons. The number of carbonyl (C=O) groups excluding carboxylic acids is 2. The molecule has 5 aliphatic rings. The molecule has 4 heterocycles. The van der Waals surface area contributed by atoms with Crippen LogP contribution in [0.5, 0.6) is 0 Å². The number of nitrogens with one attached hydrogen (secondary N) is 5. The second-order valence-electron chi connectivity index (χ2n) is 10.7. The summed E-state index contributed by atoms with van der Waals surface area (Å²) in [6.07, 6.45) is 10.2. The Kier molecular flexibility index (Phi) is 7.31. The molecule has 2 saturated carbocycles. The quantitative estimate of drug-likeness (QED) is 0.360. The lowest BCUT2D eigenvalue weighted by Crippen LogP contribution is -2.53. The molecule has 3 aliphatic heterocycles. The number of aromatic nitrogens is 1. The molecule has 1 unspecified atom stereocenters. The minimum Gasteiger partial charge on any atom is -0.379 e. The van der Waals surface area contributed by atoms with Crippen molar-refractivity contribution < 1.29 is 14.0 Å². The number of anilines is 1. The summed E-state index contributed by atoms with van der Waals surface area (Å²) in [6.45, 7) is 3.38. The highest BCUT2D eigenvalue weighted by Crippen LogP contribution is 2.27. The summed E-state index contributed by atoms with van der Waals surface area (Å²) in [7, 11) is 0. The van der Waals surface area contributed by atoms with Crippen molar-refractivity contribution in [2.75, 3.05) is 38.0 Å². The number of urea groups is 1. The van der Waals surface area contributed by atoms with Crippen molar-refractivity contribution in [1.29, 1.82) is 0 Å². The number of amides is 3. The Bertz CT molecular complexity index is 1180. The van der Waals surface area contributed by atoms with Crippen LogP contribution in [0.15, 0.2) is 40.3 Å². The number of pyridine rings is 1. The first-order valence-electron chi connectivity index (χ1n) is 13.9. The number of hydrazone groups is 1. The fraction of sp³-hybridized carbons (Fsp3) is 0.577. The van der Waals surface area contributed by atoms with Crippen LogP contribution in [-0.4, -0.2) is 95.4 Å². The van der Waals surface area contributed by atoms with Gasteiger partial charge in [0.05, 0.1) is 24.1 Å². The summed E-state index contributed by atoms with van der Waals surface area (Å²) in [5.41, 5.74) is 0.924. The van der Waals surface area contributed by atoms with Gasteiger partial charge in [-0.25, -0.2) is 14.2 Å². The van der Waals surface area contributed by atoms with E-state index in [1.54, 1.807) is 5.01 Å². The lowest BCUT2D eigenvalue weighted by Gasteiger charge is -2.34. The molecule has 3 fully saturated rings. The van der Waals surface area contributed by atoms with Crippen LogP contribution in [0.4, 0.5) is 14.9 Å². The van der Waals surface area contributed by atoms with Gasteiger partial charge in [0.2, 0.25) is 0 Å². The summed E-state index contributed by atoms with van der Waals surface area (Å²) in [5.74, 6) is 0.322. The molecule has 6 rings (SSSR count). The van der Waals surface area contributed by atoms with Crippen molar-refractivity contribution in [3.63, 3.8) is 0 Å². The minimum atomic E-state index is -0.690. The van der Waals surface area contributed by atoms with E-state index in [4.69, 9.17) is 5.10 Å². The number of halogens is 1. The molecule has 5 N–H and O–H groups in total. The highest BCUT2D eigenvalue weighted by atomic mass is 19.1. The van der Waals surface area contributed by atoms with Crippen molar-refractivity contribution >= 4 is 29.3 Å². The molecule has 1 atom stereocenters. The smallest absolute Gasteiger partial charge is 0.317 e. The molecular formula is C26H35FN10O2. The van der Waals surface area contributed by atoms with Crippen LogP contribution in [0, 0.1) is 5.82 Å². The number of hydrogen-bond acceptors (Lipinski definition) is 9. The SMILES string of the molecule is O=C(Nc1ccncc1F)C1CN=C2C(NC3CC3)=CC(N[C@H]3CC[C@H](NC(=O)N4CCNCC4)CC3)=NN21. The maximum Gasteiger partial charge on any atom is 0.317 e. The van der Waals surface area contributed by atoms with Gasteiger partial charge in [-0.1, -0.05) is 0 Å². The topological polar surface area (TPSA) is 138 Å². The van der Waals surface area contributed by atoms with Gasteiger partial charge in [0.1, 0.15) is 5.84 Å². The summed E-state index contributed by atoms with van der Waals surface area (Å²) < 4.78 is 14.1. The molecule has 2 aliphatic carbocycles. The van der Waals surface area contributed by atoms with E-state index in [9.17, 15) is 14.0 Å². The number of piperazine rings is 1. The van der Waals surface area contributed by atoms with E-state index >= 15 is 0 Å². The Morgan fingerprint density at radius 1 is 1.00 bits per heavy atom. The van der Waals surface area contributed by atoms with Gasteiger partial charge in [0.15, 0.2) is 17.7 Å². The Labute approximate surface area is 226 Å². The fourth-order valence-electron chi connectivity index (χ4n) is 5.38. The zero-order chi connectivity index (χ0) is 26.8. The monoisotopic (exact) mass is 538 g/mol. The average molecular weight is 539 g/mol. The Morgan fingerprint density at radius 2 is 1.72 bits per heavy atom. The number of hydrogen-bond donors (Lipinski definition) is 5. The van der Waals surface area contributed by atoms with Crippen LogP contribution in [0.25, 0.3) is 0 Å². The average Bonchev–Trinajstić information content (AvgIpc) is 3.66. The maximum absolute atomic E-state index is 14.1. The molecule has 0 aromatic carbocycles. The number of fused-ring (bicyclic) bond motifs is 1. The third-order valence-corrected chi connectivity index (χ3v) is 7.74. The minimum absolute atomic E-state index is 0.0279. The van der Waals surface area contributed by atoms with Gasteiger partial charge >= 0.3 is 6.03 Å². The van der Waals surface area contributed by atoms with Gasteiger partial charge < -0.3 is 31.5 Å². The van der Waals surface area contributed by atoms with E-state index in [1.807, 2.05) is 11.0 Å². The molecular weight excluding hydrogens is 503 g/mol. The Hall–Kier alpha value is -3.74. The van der Waals surface area contributed by atoms with Crippen LogP contribution in [-0.2, 0) is 4.79 Å². The van der Waals surface area contributed by atoms with Crippen LogP contribution >= 0.6 is 0 Å². The third kappa shape index (κ3) is 5.97. The predicted molar refractivity (Wildman–Crippen MR) is 145 cm³/mol. The predicted octanol–water partition coefficient (Wildman–Crippen LogP) is 0.721. The lowest BCUT2D eigenvalue weighted by atomic mass is 9.91. The zero-order valence-electron chi connectivity index (χ0n) is 21.8. The van der Waals surface area contributed by atoms with Crippen molar-refractivity contribution in [3.05, 3.63) is 36.1 Å². The van der Waals surface area contributed by atoms with Crippen molar-refractivity contribution in [2.45, 2.75) is 62.7 Å². The molecule has 39 heavy (non-hydrogen) atoms. The van der Waals surface area contributed by atoms with Crippen molar-refractivity contribution in [3.8, 4) is 0 Å². The lowest BCUT2D eigenvalue weighted by molar-refractivity contribution is -0.119. The summed E-state index contributed by atoms with van der Waals surface area (Å²) >= 11 is 0. The van der Waals surface area contributed by atoms with Crippen molar-refractivity contribution in [1.82, 2.24) is 36.2 Å². The van der Waals surface area contributed by atoms with Crippen molar-refractivity contribution in [2.24, 2.45) is 10.1 Å². The zero-order valence-corrected chi connectivity index (χ0v) is 21.8. The number of carbonyl (C=O) groups is 2. The van der Waals surface area contributed by atoms with Gasteiger partial charge in [-0.15, -0.1) is 0 Å². The maximum atomic E-state index is 14.1. The fourth-order valence-corrected chi connectivity index (χ4v) is 5.38. The molecule has 3 amide bonds.